The molecule has 0 aliphatic heterocycles. The number of methoxy groups -OCH3 is 2. The summed E-state index contributed by atoms with van der Waals surface area (Å²) in [4.78, 5) is 24.4. The molecule has 0 N–H and O–H groups in total. The molecule has 6 heteroatoms. The van der Waals surface area contributed by atoms with Crippen molar-refractivity contribution in [1.82, 2.24) is 0 Å². The number of halogens is 1. The van der Waals surface area contributed by atoms with Crippen LogP contribution in [-0.2, 0) is 19.1 Å². The molecule has 0 bridgehead atoms. The van der Waals surface area contributed by atoms with E-state index in [0.29, 0.717) is 24.7 Å². The van der Waals surface area contributed by atoms with Gasteiger partial charge in [0.1, 0.15) is 0 Å². The quantitative estimate of drug-likeness (QED) is 0.229. The Morgan fingerprint density at radius 2 is 1.55 bits per heavy atom. The van der Waals surface area contributed by atoms with Crippen LogP contribution in [0.2, 0.25) is 25.7 Å². The van der Waals surface area contributed by atoms with Crippen LogP contribution in [0.15, 0.2) is 0 Å². The SMILES string of the molecule is COC(=O)C1(C(=O)OC)C[C@H](CI)[C@H](C[Si](C)(C)C)C1. The van der Waals surface area contributed by atoms with Gasteiger partial charge in [-0.25, -0.2) is 0 Å². The standard InChI is InChI=1S/C14H25IO4Si/c1-18-12(16)14(13(17)19-2)6-10(8-15)11(7-14)9-20(3,4)5/h10-11H,6-9H2,1-5H3/t10-,11+/m1/s1. The van der Waals surface area contributed by atoms with E-state index in [0.717, 1.165) is 10.5 Å². The summed E-state index contributed by atoms with van der Waals surface area (Å²) < 4.78 is 10.8. The predicted molar refractivity (Wildman–Crippen MR) is 89.7 cm³/mol. The zero-order chi connectivity index (χ0) is 15.6. The Morgan fingerprint density at radius 1 is 1.10 bits per heavy atom. The molecule has 4 nitrogen and oxygen atoms in total. The number of alkyl halides is 1. The lowest BCUT2D eigenvalue weighted by Crippen LogP contribution is -2.39. The number of carbonyl (C=O) groups excluding carboxylic acids is 2. The van der Waals surface area contributed by atoms with E-state index in [1.807, 2.05) is 0 Å². The van der Waals surface area contributed by atoms with E-state index in [4.69, 9.17) is 9.47 Å². The van der Waals surface area contributed by atoms with Crippen LogP contribution in [0.5, 0.6) is 0 Å². The first-order valence-corrected chi connectivity index (χ1v) is 12.2. The molecule has 0 amide bonds. The van der Waals surface area contributed by atoms with Crippen LogP contribution in [0.1, 0.15) is 12.8 Å². The summed E-state index contributed by atoms with van der Waals surface area (Å²) in [5.74, 6) is -0.0631. The molecule has 1 aliphatic rings. The molecule has 0 aromatic carbocycles. The van der Waals surface area contributed by atoms with Crippen molar-refractivity contribution in [3.05, 3.63) is 0 Å². The molecule has 2 atom stereocenters. The number of ether oxygens (including phenoxy) is 2. The fraction of sp³-hybridized carbons (Fsp3) is 0.857. The van der Waals surface area contributed by atoms with Crippen molar-refractivity contribution in [3.8, 4) is 0 Å². The second-order valence-electron chi connectivity index (χ2n) is 6.91. The van der Waals surface area contributed by atoms with Crippen LogP contribution < -0.4 is 0 Å². The lowest BCUT2D eigenvalue weighted by molar-refractivity contribution is -0.169. The van der Waals surface area contributed by atoms with Gasteiger partial charge in [-0.1, -0.05) is 48.3 Å². The highest BCUT2D eigenvalue weighted by atomic mass is 127. The minimum absolute atomic E-state index is 0.389. The first-order chi connectivity index (χ1) is 9.20. The second-order valence-corrected chi connectivity index (χ2v) is 13.3. The Kier molecular flexibility index (Phi) is 6.07. The van der Waals surface area contributed by atoms with Crippen molar-refractivity contribution in [2.75, 3.05) is 18.6 Å². The van der Waals surface area contributed by atoms with E-state index in [9.17, 15) is 9.59 Å². The summed E-state index contributed by atoms with van der Waals surface area (Å²) in [6, 6.07) is 1.14. The van der Waals surface area contributed by atoms with E-state index < -0.39 is 25.4 Å². The molecule has 0 unspecified atom stereocenters. The van der Waals surface area contributed by atoms with E-state index in [2.05, 4.69) is 42.2 Å². The number of hydrogen-bond acceptors (Lipinski definition) is 4. The molecule has 0 aromatic heterocycles. The molecule has 0 saturated heterocycles. The van der Waals surface area contributed by atoms with Crippen molar-refractivity contribution in [1.29, 1.82) is 0 Å². The van der Waals surface area contributed by atoms with Gasteiger partial charge in [0.2, 0.25) is 0 Å². The Labute approximate surface area is 136 Å². The normalized spacial score (nSPS) is 25.3. The van der Waals surface area contributed by atoms with Gasteiger partial charge < -0.3 is 9.47 Å². The van der Waals surface area contributed by atoms with Gasteiger partial charge in [0.05, 0.1) is 14.2 Å². The summed E-state index contributed by atoms with van der Waals surface area (Å²) in [6.45, 7) is 6.98. The second kappa shape index (κ2) is 6.77. The van der Waals surface area contributed by atoms with Gasteiger partial charge in [-0.15, -0.1) is 0 Å². The maximum absolute atomic E-state index is 12.2. The van der Waals surface area contributed by atoms with Crippen molar-refractivity contribution in [2.45, 2.75) is 38.5 Å². The Bertz CT molecular complexity index is 362. The van der Waals surface area contributed by atoms with Gasteiger partial charge in [0, 0.05) is 12.5 Å². The zero-order valence-electron chi connectivity index (χ0n) is 13.0. The van der Waals surface area contributed by atoms with Crippen molar-refractivity contribution < 1.29 is 19.1 Å². The van der Waals surface area contributed by atoms with Crippen molar-refractivity contribution in [2.24, 2.45) is 17.3 Å². The number of rotatable bonds is 5. The van der Waals surface area contributed by atoms with Crippen LogP contribution in [0.25, 0.3) is 0 Å². The average molecular weight is 412 g/mol. The molecule has 1 fully saturated rings. The minimum Gasteiger partial charge on any atom is -0.468 e. The third kappa shape index (κ3) is 3.75. The summed E-state index contributed by atoms with van der Waals surface area (Å²) in [5.41, 5.74) is -1.08. The molecule has 0 heterocycles. The summed E-state index contributed by atoms with van der Waals surface area (Å²) in [5, 5.41) is 0. The maximum Gasteiger partial charge on any atom is 0.323 e. The van der Waals surface area contributed by atoms with Crippen LogP contribution in [0.3, 0.4) is 0 Å². The molecular weight excluding hydrogens is 387 g/mol. The summed E-state index contributed by atoms with van der Waals surface area (Å²) >= 11 is 2.36. The highest BCUT2D eigenvalue weighted by Crippen LogP contribution is 2.50. The molecule has 0 radical (unpaired) electrons. The topological polar surface area (TPSA) is 52.6 Å². The summed E-state index contributed by atoms with van der Waals surface area (Å²) in [7, 11) is 1.45. The lowest BCUT2D eigenvalue weighted by Gasteiger charge is -2.25. The van der Waals surface area contributed by atoms with Gasteiger partial charge in [0.15, 0.2) is 5.41 Å². The minimum atomic E-state index is -1.24. The molecule has 0 aromatic rings. The molecular formula is C14H25IO4Si. The first kappa shape index (κ1) is 17.9. The molecule has 20 heavy (non-hydrogen) atoms. The van der Waals surface area contributed by atoms with Crippen LogP contribution in [0.4, 0.5) is 0 Å². The molecule has 1 rings (SSSR count). The van der Waals surface area contributed by atoms with E-state index in [1.165, 1.54) is 14.2 Å². The van der Waals surface area contributed by atoms with Crippen molar-refractivity contribution in [3.63, 3.8) is 0 Å². The van der Waals surface area contributed by atoms with Gasteiger partial charge in [0.25, 0.3) is 0 Å². The van der Waals surface area contributed by atoms with Gasteiger partial charge >= 0.3 is 11.9 Å². The monoisotopic (exact) mass is 412 g/mol. The fourth-order valence-electron chi connectivity index (χ4n) is 3.33. The highest BCUT2D eigenvalue weighted by molar-refractivity contribution is 14.1. The number of hydrogen-bond donors (Lipinski definition) is 0. The van der Waals surface area contributed by atoms with E-state index >= 15 is 0 Å². The molecule has 0 spiro atoms. The number of esters is 2. The zero-order valence-corrected chi connectivity index (χ0v) is 16.2. The van der Waals surface area contributed by atoms with Crippen LogP contribution >= 0.6 is 22.6 Å². The highest BCUT2D eigenvalue weighted by Gasteiger charge is 2.57. The third-order valence-corrected chi connectivity index (χ3v) is 6.99. The van der Waals surface area contributed by atoms with Gasteiger partial charge in [-0.3, -0.25) is 9.59 Å². The largest absolute Gasteiger partial charge is 0.468 e. The molecule has 116 valence electrons. The van der Waals surface area contributed by atoms with Crippen molar-refractivity contribution >= 4 is 42.6 Å². The third-order valence-electron chi connectivity index (χ3n) is 4.11. The van der Waals surface area contributed by atoms with E-state index in [1.54, 1.807) is 0 Å². The van der Waals surface area contributed by atoms with Crippen LogP contribution in [-0.4, -0.2) is 38.7 Å². The van der Waals surface area contributed by atoms with Gasteiger partial charge in [-0.2, -0.15) is 0 Å². The predicted octanol–water partition coefficient (Wildman–Crippen LogP) is 3.12. The first-order valence-electron chi connectivity index (χ1n) is 6.93. The molecule has 1 saturated carbocycles. The van der Waals surface area contributed by atoms with E-state index in [-0.39, 0.29) is 0 Å². The Morgan fingerprint density at radius 3 is 1.90 bits per heavy atom. The number of carbonyl (C=O) groups is 2. The lowest BCUT2D eigenvalue weighted by atomic mass is 9.85. The Balaban J connectivity index is 3.05. The summed E-state index contributed by atoms with van der Waals surface area (Å²) in [6.07, 6.45) is 1.13. The Hall–Kier alpha value is -0.113. The average Bonchev–Trinajstić information content (AvgIpc) is 2.74. The van der Waals surface area contributed by atoms with Gasteiger partial charge in [-0.05, 0) is 24.7 Å². The smallest absolute Gasteiger partial charge is 0.323 e. The van der Waals surface area contributed by atoms with Crippen LogP contribution in [0, 0.1) is 17.3 Å². The fourth-order valence-corrected chi connectivity index (χ4v) is 6.41. The molecule has 1 aliphatic carbocycles. The maximum atomic E-state index is 12.2.